The highest BCUT2D eigenvalue weighted by atomic mass is 35.5. The summed E-state index contributed by atoms with van der Waals surface area (Å²) >= 11 is 0. The van der Waals surface area contributed by atoms with Crippen LogP contribution < -0.4 is 4.90 Å². The Labute approximate surface area is 183 Å². The van der Waals surface area contributed by atoms with Crippen LogP contribution in [0, 0.1) is 13.8 Å². The SMILES string of the molecule is Cc1n[nH]c(C)c1C(C)N1CCN(c2nccnc2-c2ccc(CO)cc2)CC1.Cl. The second-order valence-corrected chi connectivity index (χ2v) is 7.63. The lowest BCUT2D eigenvalue weighted by atomic mass is 10.0. The number of halogens is 1. The molecule has 0 aliphatic carbocycles. The molecule has 1 aromatic carbocycles. The van der Waals surface area contributed by atoms with Gasteiger partial charge in [-0.15, -0.1) is 12.4 Å². The minimum absolute atomic E-state index is 0. The van der Waals surface area contributed by atoms with Gasteiger partial charge in [0, 0.05) is 61.4 Å². The summed E-state index contributed by atoms with van der Waals surface area (Å²) in [6, 6.07) is 8.21. The van der Waals surface area contributed by atoms with Crippen LogP contribution in [-0.4, -0.2) is 56.4 Å². The molecule has 3 heterocycles. The van der Waals surface area contributed by atoms with E-state index >= 15 is 0 Å². The molecule has 2 aromatic heterocycles. The van der Waals surface area contributed by atoms with Crippen molar-refractivity contribution in [1.29, 1.82) is 0 Å². The minimum atomic E-state index is 0. The van der Waals surface area contributed by atoms with Gasteiger partial charge in [0.1, 0.15) is 5.69 Å². The Morgan fingerprint density at radius 2 is 1.70 bits per heavy atom. The number of hydrogen-bond donors (Lipinski definition) is 2. The fourth-order valence-electron chi connectivity index (χ4n) is 4.21. The summed E-state index contributed by atoms with van der Waals surface area (Å²) in [7, 11) is 0. The van der Waals surface area contributed by atoms with E-state index in [1.54, 1.807) is 12.4 Å². The van der Waals surface area contributed by atoms with Gasteiger partial charge >= 0.3 is 0 Å². The molecule has 7 nitrogen and oxygen atoms in total. The Morgan fingerprint density at radius 1 is 1.03 bits per heavy atom. The average Bonchev–Trinajstić information content (AvgIpc) is 3.11. The molecule has 0 amide bonds. The molecule has 30 heavy (non-hydrogen) atoms. The molecule has 0 radical (unpaired) electrons. The number of H-pyrrole nitrogens is 1. The Morgan fingerprint density at radius 3 is 2.30 bits per heavy atom. The van der Waals surface area contributed by atoms with Crippen LogP contribution in [0.15, 0.2) is 36.7 Å². The highest BCUT2D eigenvalue weighted by Gasteiger charge is 2.27. The first-order chi connectivity index (χ1) is 14.1. The number of anilines is 1. The van der Waals surface area contributed by atoms with Crippen LogP contribution in [0.4, 0.5) is 5.82 Å². The van der Waals surface area contributed by atoms with Crippen LogP contribution >= 0.6 is 12.4 Å². The molecule has 1 saturated heterocycles. The van der Waals surface area contributed by atoms with E-state index in [1.807, 2.05) is 24.3 Å². The predicted octanol–water partition coefficient (Wildman–Crippen LogP) is 3.28. The molecule has 1 atom stereocenters. The number of aliphatic hydroxyl groups is 1. The van der Waals surface area contributed by atoms with Crippen LogP contribution in [0.3, 0.4) is 0 Å². The van der Waals surface area contributed by atoms with Gasteiger partial charge in [0.15, 0.2) is 5.82 Å². The molecule has 1 unspecified atom stereocenters. The first kappa shape index (κ1) is 22.2. The summed E-state index contributed by atoms with van der Waals surface area (Å²) in [6.07, 6.45) is 3.50. The molecule has 1 fully saturated rings. The molecule has 1 aliphatic heterocycles. The second-order valence-electron chi connectivity index (χ2n) is 7.63. The van der Waals surface area contributed by atoms with Crippen LogP contribution in [0.25, 0.3) is 11.3 Å². The number of aryl methyl sites for hydroxylation is 2. The van der Waals surface area contributed by atoms with E-state index in [0.717, 1.165) is 60.2 Å². The van der Waals surface area contributed by atoms with Crippen molar-refractivity contribution in [3.05, 3.63) is 59.2 Å². The monoisotopic (exact) mass is 428 g/mol. The number of nitrogens with one attached hydrogen (secondary N) is 1. The molecular weight excluding hydrogens is 400 g/mol. The van der Waals surface area contributed by atoms with E-state index in [4.69, 9.17) is 0 Å². The fraction of sp³-hybridized carbons (Fsp3) is 0.409. The van der Waals surface area contributed by atoms with Gasteiger partial charge in [0.05, 0.1) is 12.3 Å². The normalized spacial score (nSPS) is 15.7. The topological polar surface area (TPSA) is 81.2 Å². The lowest BCUT2D eigenvalue weighted by Gasteiger charge is -2.39. The van der Waals surface area contributed by atoms with Crippen molar-refractivity contribution in [2.75, 3.05) is 31.1 Å². The zero-order valence-electron chi connectivity index (χ0n) is 17.7. The maximum absolute atomic E-state index is 9.28. The van der Waals surface area contributed by atoms with Gasteiger partial charge in [0.2, 0.25) is 0 Å². The zero-order chi connectivity index (χ0) is 20.4. The maximum atomic E-state index is 9.28. The largest absolute Gasteiger partial charge is 0.392 e. The average molecular weight is 429 g/mol. The molecular formula is C22H29ClN6O. The van der Waals surface area contributed by atoms with Crippen LogP contribution in [0.2, 0.25) is 0 Å². The van der Waals surface area contributed by atoms with Crippen LogP contribution in [0.5, 0.6) is 0 Å². The molecule has 1 aliphatic rings. The number of aromatic nitrogens is 4. The molecule has 8 heteroatoms. The molecule has 4 rings (SSSR count). The standard InChI is InChI=1S/C22H28N6O.ClH/c1-15-20(16(2)26-25-15)17(3)27-10-12-28(13-11-27)22-21(23-8-9-24-22)19-6-4-18(14-29)5-7-19;/h4-9,17,29H,10-14H2,1-3H3,(H,25,26);1H. The van der Waals surface area contributed by atoms with Gasteiger partial charge in [-0.3, -0.25) is 15.0 Å². The predicted molar refractivity (Wildman–Crippen MR) is 121 cm³/mol. The third kappa shape index (κ3) is 4.33. The van der Waals surface area contributed by atoms with E-state index < -0.39 is 0 Å². The van der Waals surface area contributed by atoms with Crippen molar-refractivity contribution in [2.45, 2.75) is 33.4 Å². The van der Waals surface area contributed by atoms with Gasteiger partial charge < -0.3 is 10.0 Å². The van der Waals surface area contributed by atoms with Crippen molar-refractivity contribution in [3.8, 4) is 11.3 Å². The Kier molecular flexibility index (Phi) is 7.07. The number of benzene rings is 1. The first-order valence-electron chi connectivity index (χ1n) is 10.1. The van der Waals surface area contributed by atoms with Gasteiger partial charge in [-0.05, 0) is 26.3 Å². The third-order valence-electron chi connectivity index (χ3n) is 5.85. The third-order valence-corrected chi connectivity index (χ3v) is 5.85. The smallest absolute Gasteiger partial charge is 0.155 e. The molecule has 0 bridgehead atoms. The van der Waals surface area contributed by atoms with E-state index in [-0.39, 0.29) is 19.0 Å². The number of nitrogens with zero attached hydrogens (tertiary/aromatic N) is 5. The number of rotatable bonds is 5. The Hall–Kier alpha value is -2.48. The number of piperazine rings is 1. The van der Waals surface area contributed by atoms with E-state index in [1.165, 1.54) is 5.56 Å². The number of aliphatic hydroxyl groups excluding tert-OH is 1. The lowest BCUT2D eigenvalue weighted by molar-refractivity contribution is 0.197. The number of hydrogen-bond acceptors (Lipinski definition) is 6. The summed E-state index contributed by atoms with van der Waals surface area (Å²) < 4.78 is 0. The van der Waals surface area contributed by atoms with Gasteiger partial charge in [-0.2, -0.15) is 5.10 Å². The van der Waals surface area contributed by atoms with E-state index in [9.17, 15) is 5.11 Å². The molecule has 0 saturated carbocycles. The lowest BCUT2D eigenvalue weighted by Crippen LogP contribution is -2.47. The van der Waals surface area contributed by atoms with Crippen molar-refractivity contribution in [2.24, 2.45) is 0 Å². The van der Waals surface area contributed by atoms with Crippen LogP contribution in [0.1, 0.15) is 35.5 Å². The van der Waals surface area contributed by atoms with Crippen molar-refractivity contribution < 1.29 is 5.11 Å². The number of aromatic amines is 1. The fourth-order valence-corrected chi connectivity index (χ4v) is 4.21. The van der Waals surface area contributed by atoms with Crippen molar-refractivity contribution in [1.82, 2.24) is 25.1 Å². The quantitative estimate of drug-likeness (QED) is 0.649. The highest BCUT2D eigenvalue weighted by molar-refractivity contribution is 5.85. The van der Waals surface area contributed by atoms with Crippen LogP contribution in [-0.2, 0) is 6.61 Å². The van der Waals surface area contributed by atoms with E-state index in [0.29, 0.717) is 6.04 Å². The summed E-state index contributed by atoms with van der Waals surface area (Å²) in [5, 5.41) is 16.7. The Balaban J connectivity index is 0.00000256. The molecule has 160 valence electrons. The van der Waals surface area contributed by atoms with Crippen molar-refractivity contribution in [3.63, 3.8) is 0 Å². The summed E-state index contributed by atoms with van der Waals surface area (Å²) in [4.78, 5) is 14.1. The molecule has 2 N–H and O–H groups in total. The van der Waals surface area contributed by atoms with E-state index in [2.05, 4.69) is 50.7 Å². The Bertz CT molecular complexity index is 947. The van der Waals surface area contributed by atoms with Gasteiger partial charge in [0.25, 0.3) is 0 Å². The minimum Gasteiger partial charge on any atom is -0.392 e. The first-order valence-corrected chi connectivity index (χ1v) is 10.1. The summed E-state index contributed by atoms with van der Waals surface area (Å²) in [5.74, 6) is 0.923. The maximum Gasteiger partial charge on any atom is 0.155 e. The highest BCUT2D eigenvalue weighted by Crippen LogP contribution is 2.30. The zero-order valence-corrected chi connectivity index (χ0v) is 18.5. The summed E-state index contributed by atoms with van der Waals surface area (Å²) in [5.41, 5.74) is 6.35. The van der Waals surface area contributed by atoms with Gasteiger partial charge in [-0.1, -0.05) is 24.3 Å². The molecule has 0 spiro atoms. The summed E-state index contributed by atoms with van der Waals surface area (Å²) in [6.45, 7) is 10.2. The van der Waals surface area contributed by atoms with Crippen molar-refractivity contribution >= 4 is 18.2 Å². The molecule has 3 aromatic rings. The van der Waals surface area contributed by atoms with Gasteiger partial charge in [-0.25, -0.2) is 4.98 Å². The second kappa shape index (κ2) is 9.55.